The molecule has 2 aromatic rings. The standard InChI is InChI=1S/C20H30N6O4/c1-14-7-16(22-29-14)19(27)26-9-15-8-25(12-20(15,13-26)11-24(2)3)10-18-21-17(23-30-18)5-6-28-4/h7,15H,5-6,8-13H2,1-4H3/t15-,20+/m0/s1. The normalized spacial score (nSPS) is 24.2. The molecule has 0 radical (unpaired) electrons. The highest BCUT2D eigenvalue weighted by molar-refractivity contribution is 5.92. The Hall–Kier alpha value is -2.30. The van der Waals surface area contributed by atoms with Crippen LogP contribution in [0.5, 0.6) is 0 Å². The minimum absolute atomic E-state index is 0.0108. The Balaban J connectivity index is 1.43. The second kappa shape index (κ2) is 8.44. The lowest BCUT2D eigenvalue weighted by molar-refractivity contribution is 0.0735. The summed E-state index contributed by atoms with van der Waals surface area (Å²) in [6.07, 6.45) is 0.645. The Bertz CT molecular complexity index is 880. The Morgan fingerprint density at radius 2 is 2.13 bits per heavy atom. The summed E-state index contributed by atoms with van der Waals surface area (Å²) < 4.78 is 15.6. The molecule has 4 heterocycles. The first-order valence-electron chi connectivity index (χ1n) is 10.3. The molecule has 2 fully saturated rings. The molecular formula is C20H30N6O4. The van der Waals surface area contributed by atoms with Crippen LogP contribution in [0.25, 0.3) is 0 Å². The van der Waals surface area contributed by atoms with E-state index in [-0.39, 0.29) is 11.3 Å². The van der Waals surface area contributed by atoms with Crippen LogP contribution in [0, 0.1) is 18.3 Å². The summed E-state index contributed by atoms with van der Waals surface area (Å²) >= 11 is 0. The molecule has 0 aromatic carbocycles. The van der Waals surface area contributed by atoms with Gasteiger partial charge in [-0.15, -0.1) is 0 Å². The minimum Gasteiger partial charge on any atom is -0.384 e. The summed E-state index contributed by atoms with van der Waals surface area (Å²) in [4.78, 5) is 23.9. The van der Waals surface area contributed by atoms with Gasteiger partial charge in [-0.2, -0.15) is 4.98 Å². The van der Waals surface area contributed by atoms with Gasteiger partial charge in [0.15, 0.2) is 11.5 Å². The van der Waals surface area contributed by atoms with Crippen molar-refractivity contribution in [2.75, 3.05) is 60.5 Å². The van der Waals surface area contributed by atoms with Crippen LogP contribution in [0.3, 0.4) is 0 Å². The molecule has 2 aliphatic heterocycles. The van der Waals surface area contributed by atoms with Gasteiger partial charge in [-0.1, -0.05) is 10.3 Å². The number of aromatic nitrogens is 3. The Morgan fingerprint density at radius 1 is 1.30 bits per heavy atom. The third-order valence-corrected chi connectivity index (χ3v) is 5.99. The molecule has 2 saturated heterocycles. The average Bonchev–Trinajstić information content (AvgIpc) is 3.43. The van der Waals surface area contributed by atoms with Crippen molar-refractivity contribution in [3.8, 4) is 0 Å². The lowest BCUT2D eigenvalue weighted by atomic mass is 9.80. The zero-order chi connectivity index (χ0) is 21.3. The molecule has 2 aromatic heterocycles. The highest BCUT2D eigenvalue weighted by Gasteiger charge is 2.53. The molecule has 0 saturated carbocycles. The van der Waals surface area contributed by atoms with E-state index in [1.54, 1.807) is 20.1 Å². The predicted octanol–water partition coefficient (Wildman–Crippen LogP) is 0.691. The van der Waals surface area contributed by atoms with E-state index < -0.39 is 0 Å². The van der Waals surface area contributed by atoms with Gasteiger partial charge in [0, 0.05) is 57.7 Å². The zero-order valence-corrected chi connectivity index (χ0v) is 18.1. The number of carbonyl (C=O) groups is 1. The number of amides is 1. The maximum absolute atomic E-state index is 12.9. The fourth-order valence-electron chi connectivity index (χ4n) is 4.89. The van der Waals surface area contributed by atoms with E-state index in [1.165, 1.54) is 0 Å². The number of rotatable bonds is 8. The van der Waals surface area contributed by atoms with Crippen LogP contribution in [-0.2, 0) is 17.7 Å². The highest BCUT2D eigenvalue weighted by Crippen LogP contribution is 2.43. The average molecular weight is 418 g/mol. The number of hydrogen-bond acceptors (Lipinski definition) is 9. The molecule has 1 amide bonds. The van der Waals surface area contributed by atoms with Gasteiger partial charge in [-0.3, -0.25) is 9.69 Å². The number of nitrogens with zero attached hydrogens (tertiary/aromatic N) is 6. The number of likely N-dealkylation sites (tertiary alicyclic amines) is 2. The maximum Gasteiger partial charge on any atom is 0.276 e. The van der Waals surface area contributed by atoms with Crippen LogP contribution < -0.4 is 0 Å². The van der Waals surface area contributed by atoms with E-state index in [2.05, 4.69) is 39.2 Å². The summed E-state index contributed by atoms with van der Waals surface area (Å²) in [6.45, 7) is 7.12. The number of hydrogen-bond donors (Lipinski definition) is 0. The summed E-state index contributed by atoms with van der Waals surface area (Å²) in [5, 5.41) is 7.94. The van der Waals surface area contributed by atoms with Gasteiger partial charge < -0.3 is 23.6 Å². The van der Waals surface area contributed by atoms with E-state index >= 15 is 0 Å². The Labute approximate surface area is 176 Å². The van der Waals surface area contributed by atoms with E-state index in [4.69, 9.17) is 13.8 Å². The highest BCUT2D eigenvalue weighted by atomic mass is 16.5. The number of methoxy groups -OCH3 is 1. The monoisotopic (exact) mass is 418 g/mol. The number of carbonyl (C=O) groups excluding carboxylic acids is 1. The molecule has 10 nitrogen and oxygen atoms in total. The smallest absolute Gasteiger partial charge is 0.276 e. The van der Waals surface area contributed by atoms with Crippen molar-refractivity contribution in [1.82, 2.24) is 30.0 Å². The van der Waals surface area contributed by atoms with Crippen molar-refractivity contribution in [2.45, 2.75) is 19.9 Å². The second-order valence-electron chi connectivity index (χ2n) is 8.82. The lowest BCUT2D eigenvalue weighted by Crippen LogP contribution is -2.42. The molecule has 0 N–H and O–H groups in total. The number of ether oxygens (including phenoxy) is 1. The molecule has 10 heteroatoms. The van der Waals surface area contributed by atoms with Gasteiger partial charge in [-0.05, 0) is 26.9 Å². The van der Waals surface area contributed by atoms with Crippen LogP contribution in [0.15, 0.2) is 15.1 Å². The van der Waals surface area contributed by atoms with Gasteiger partial charge in [0.05, 0.1) is 13.2 Å². The molecule has 0 bridgehead atoms. The Morgan fingerprint density at radius 3 is 2.83 bits per heavy atom. The molecule has 0 spiro atoms. The van der Waals surface area contributed by atoms with Crippen LogP contribution in [0.4, 0.5) is 0 Å². The molecular weight excluding hydrogens is 388 g/mol. The zero-order valence-electron chi connectivity index (χ0n) is 18.1. The van der Waals surface area contributed by atoms with Crippen molar-refractivity contribution in [1.29, 1.82) is 0 Å². The van der Waals surface area contributed by atoms with Crippen molar-refractivity contribution in [2.24, 2.45) is 11.3 Å². The van der Waals surface area contributed by atoms with E-state index in [0.29, 0.717) is 55.2 Å². The summed E-state index contributed by atoms with van der Waals surface area (Å²) in [7, 11) is 5.83. The first-order chi connectivity index (χ1) is 14.4. The largest absolute Gasteiger partial charge is 0.384 e. The third kappa shape index (κ3) is 4.26. The van der Waals surface area contributed by atoms with Gasteiger partial charge in [-0.25, -0.2) is 0 Å². The topological polar surface area (TPSA) is 101 Å². The van der Waals surface area contributed by atoms with E-state index in [0.717, 1.165) is 26.2 Å². The van der Waals surface area contributed by atoms with Gasteiger partial charge in [0.1, 0.15) is 5.76 Å². The molecule has 2 aliphatic rings. The summed E-state index contributed by atoms with van der Waals surface area (Å²) in [6, 6.07) is 1.71. The summed E-state index contributed by atoms with van der Waals surface area (Å²) in [5.41, 5.74) is 0.399. The maximum atomic E-state index is 12.9. The predicted molar refractivity (Wildman–Crippen MR) is 107 cm³/mol. The van der Waals surface area contributed by atoms with Crippen LogP contribution in [0.1, 0.15) is 28.0 Å². The van der Waals surface area contributed by atoms with Crippen molar-refractivity contribution < 1.29 is 18.6 Å². The number of fused-ring (bicyclic) bond motifs is 1. The first kappa shape index (κ1) is 21.0. The van der Waals surface area contributed by atoms with Crippen molar-refractivity contribution in [3.63, 3.8) is 0 Å². The van der Waals surface area contributed by atoms with Gasteiger partial charge >= 0.3 is 0 Å². The van der Waals surface area contributed by atoms with E-state index in [1.807, 2.05) is 4.90 Å². The lowest BCUT2D eigenvalue weighted by Gasteiger charge is -2.32. The SMILES string of the molecule is COCCc1noc(CN2C[C@H]3CN(C(=O)c4cc(C)on4)C[C@@]3(CN(C)C)C2)n1. The molecule has 164 valence electrons. The first-order valence-corrected chi connectivity index (χ1v) is 10.3. The van der Waals surface area contributed by atoms with Crippen molar-refractivity contribution >= 4 is 5.91 Å². The van der Waals surface area contributed by atoms with E-state index in [9.17, 15) is 4.79 Å². The molecule has 4 rings (SSSR count). The molecule has 0 unspecified atom stereocenters. The van der Waals surface area contributed by atoms with Crippen LogP contribution in [-0.4, -0.2) is 96.4 Å². The molecule has 0 aliphatic carbocycles. The van der Waals surface area contributed by atoms with Gasteiger partial charge in [0.25, 0.3) is 5.91 Å². The summed E-state index contributed by atoms with van der Waals surface area (Å²) in [5.74, 6) is 2.29. The van der Waals surface area contributed by atoms with Crippen LogP contribution in [0.2, 0.25) is 0 Å². The fourth-order valence-corrected chi connectivity index (χ4v) is 4.89. The number of aryl methyl sites for hydroxylation is 1. The Kier molecular flexibility index (Phi) is 5.90. The molecule has 30 heavy (non-hydrogen) atoms. The van der Waals surface area contributed by atoms with Crippen LogP contribution >= 0.6 is 0 Å². The molecule has 2 atom stereocenters. The minimum atomic E-state index is -0.0504. The van der Waals surface area contributed by atoms with Crippen molar-refractivity contribution in [3.05, 3.63) is 29.2 Å². The fraction of sp³-hybridized carbons (Fsp3) is 0.700. The van der Waals surface area contributed by atoms with Gasteiger partial charge in [0.2, 0.25) is 5.89 Å². The second-order valence-corrected chi connectivity index (χ2v) is 8.82. The quantitative estimate of drug-likeness (QED) is 0.613. The third-order valence-electron chi connectivity index (χ3n) is 5.99.